The summed E-state index contributed by atoms with van der Waals surface area (Å²) in [4.78, 5) is 14.6. The summed E-state index contributed by atoms with van der Waals surface area (Å²) in [6.45, 7) is 6.58. The maximum Gasteiger partial charge on any atom is 0.274 e. The quantitative estimate of drug-likeness (QED) is 0.909. The van der Waals surface area contributed by atoms with Crippen molar-refractivity contribution in [1.82, 2.24) is 14.7 Å². The third kappa shape index (κ3) is 3.44. The third-order valence-electron chi connectivity index (χ3n) is 5.04. The summed E-state index contributed by atoms with van der Waals surface area (Å²) in [6.07, 6.45) is 2.97. The van der Waals surface area contributed by atoms with Gasteiger partial charge in [-0.25, -0.2) is 4.68 Å². The predicted molar refractivity (Wildman–Crippen MR) is 103 cm³/mol. The average Bonchev–Trinajstić information content (AvgIpc) is 3.15. The van der Waals surface area contributed by atoms with Crippen molar-refractivity contribution >= 4 is 18.3 Å². The number of aryl methyl sites for hydroxylation is 2. The van der Waals surface area contributed by atoms with Gasteiger partial charge in [0.1, 0.15) is 0 Å². The van der Waals surface area contributed by atoms with Crippen LogP contribution in [0.25, 0.3) is 5.69 Å². The maximum absolute atomic E-state index is 12.9. The number of fused-ring (bicyclic) bond motifs is 1. The van der Waals surface area contributed by atoms with E-state index in [0.717, 1.165) is 30.5 Å². The summed E-state index contributed by atoms with van der Waals surface area (Å²) in [7, 11) is 1.80. The molecule has 0 bridgehead atoms. The monoisotopic (exact) mass is 362 g/mol. The number of carbonyl (C=O) groups is 1. The summed E-state index contributed by atoms with van der Waals surface area (Å²) >= 11 is 0. The van der Waals surface area contributed by atoms with Crippen LogP contribution in [-0.2, 0) is 12.8 Å². The minimum atomic E-state index is -0.0328. The van der Waals surface area contributed by atoms with E-state index in [2.05, 4.69) is 32.0 Å². The van der Waals surface area contributed by atoms with Gasteiger partial charge in [-0.2, -0.15) is 5.10 Å². The number of aromatic nitrogens is 2. The minimum Gasteiger partial charge on any atom is -0.336 e. The molecule has 2 aromatic rings. The first-order valence-corrected chi connectivity index (χ1v) is 8.59. The van der Waals surface area contributed by atoms with Crippen molar-refractivity contribution in [3.8, 4) is 5.69 Å². The van der Waals surface area contributed by atoms with Crippen molar-refractivity contribution in [2.24, 2.45) is 5.73 Å². The van der Waals surface area contributed by atoms with Crippen molar-refractivity contribution in [2.75, 3.05) is 13.6 Å². The highest BCUT2D eigenvalue weighted by atomic mass is 35.5. The number of nitrogens with zero attached hydrogens (tertiary/aromatic N) is 3. The highest BCUT2D eigenvalue weighted by Gasteiger charge is 2.29. The van der Waals surface area contributed by atoms with E-state index in [1.54, 1.807) is 11.9 Å². The van der Waals surface area contributed by atoms with E-state index in [1.165, 1.54) is 16.8 Å². The Kier molecular flexibility index (Phi) is 5.91. The lowest BCUT2D eigenvalue weighted by atomic mass is 10.1. The molecule has 0 spiro atoms. The lowest BCUT2D eigenvalue weighted by Gasteiger charge is -2.23. The Balaban J connectivity index is 0.00000225. The first kappa shape index (κ1) is 19.5. The van der Waals surface area contributed by atoms with Gasteiger partial charge >= 0.3 is 0 Å². The van der Waals surface area contributed by atoms with E-state index in [0.29, 0.717) is 12.2 Å². The molecule has 25 heavy (non-hydrogen) atoms. The van der Waals surface area contributed by atoms with Crippen molar-refractivity contribution in [1.29, 1.82) is 0 Å². The van der Waals surface area contributed by atoms with E-state index in [1.807, 2.05) is 11.6 Å². The van der Waals surface area contributed by atoms with E-state index in [-0.39, 0.29) is 24.4 Å². The Labute approximate surface area is 155 Å². The molecular weight excluding hydrogens is 336 g/mol. The molecule has 1 aliphatic rings. The van der Waals surface area contributed by atoms with Crippen LogP contribution in [0.1, 0.15) is 46.2 Å². The number of nitrogens with two attached hydrogens (primary N) is 1. The summed E-state index contributed by atoms with van der Waals surface area (Å²) in [5.41, 5.74) is 12.1. The Morgan fingerprint density at radius 1 is 1.36 bits per heavy atom. The molecule has 1 aromatic heterocycles. The van der Waals surface area contributed by atoms with Crippen LogP contribution in [0.4, 0.5) is 0 Å². The number of benzene rings is 1. The van der Waals surface area contributed by atoms with Gasteiger partial charge in [0.25, 0.3) is 5.91 Å². The number of carbonyl (C=O) groups excluding carboxylic acids is 1. The summed E-state index contributed by atoms with van der Waals surface area (Å²) < 4.78 is 1.98. The molecule has 1 aliphatic carbocycles. The zero-order chi connectivity index (χ0) is 17.4. The first-order valence-electron chi connectivity index (χ1n) is 8.59. The lowest BCUT2D eigenvalue weighted by Crippen LogP contribution is -2.40. The van der Waals surface area contributed by atoms with E-state index < -0.39 is 0 Å². The van der Waals surface area contributed by atoms with Gasteiger partial charge in [-0.3, -0.25) is 4.79 Å². The summed E-state index contributed by atoms with van der Waals surface area (Å²) in [5.74, 6) is -0.0328. The predicted octanol–water partition coefficient (Wildman–Crippen LogP) is 2.82. The molecule has 1 heterocycles. The maximum atomic E-state index is 12.9. The fourth-order valence-corrected chi connectivity index (χ4v) is 3.38. The second kappa shape index (κ2) is 7.58. The van der Waals surface area contributed by atoms with Crippen molar-refractivity contribution in [2.45, 2.75) is 46.1 Å². The molecule has 5 nitrogen and oxygen atoms in total. The number of rotatable bonds is 4. The van der Waals surface area contributed by atoms with Crippen LogP contribution in [0.3, 0.4) is 0 Å². The van der Waals surface area contributed by atoms with Crippen LogP contribution in [0.5, 0.6) is 0 Å². The number of likely N-dealkylation sites (N-methyl/N-ethyl adjacent to an activating group) is 1. The van der Waals surface area contributed by atoms with Gasteiger partial charge in [0.2, 0.25) is 0 Å². The van der Waals surface area contributed by atoms with Gasteiger partial charge < -0.3 is 10.6 Å². The largest absolute Gasteiger partial charge is 0.336 e. The van der Waals surface area contributed by atoms with Crippen LogP contribution in [-0.4, -0.2) is 40.2 Å². The molecule has 1 amide bonds. The van der Waals surface area contributed by atoms with Crippen molar-refractivity contribution < 1.29 is 4.79 Å². The Morgan fingerprint density at radius 3 is 2.72 bits per heavy atom. The second-order valence-electron chi connectivity index (χ2n) is 6.83. The van der Waals surface area contributed by atoms with E-state index in [9.17, 15) is 4.79 Å². The molecule has 0 saturated heterocycles. The molecule has 136 valence electrons. The van der Waals surface area contributed by atoms with Crippen LogP contribution in [0.2, 0.25) is 0 Å². The van der Waals surface area contributed by atoms with Crippen LogP contribution in [0, 0.1) is 13.8 Å². The molecule has 0 radical (unpaired) electrons. The molecule has 1 aromatic carbocycles. The standard InChI is InChI=1S/C19H26N4O.ClH/c1-12-8-9-16(13(2)10-12)23-17-7-5-6-15(17)18(21-23)19(24)22(4)14(3)11-20;/h8-10,14H,5-7,11,20H2,1-4H3;1H. The topological polar surface area (TPSA) is 64.2 Å². The fraction of sp³-hybridized carbons (Fsp3) is 0.474. The van der Waals surface area contributed by atoms with Gasteiger partial charge in [-0.1, -0.05) is 17.7 Å². The molecule has 0 aliphatic heterocycles. The molecule has 2 N–H and O–H groups in total. The second-order valence-corrected chi connectivity index (χ2v) is 6.83. The summed E-state index contributed by atoms with van der Waals surface area (Å²) in [5, 5.41) is 4.71. The molecule has 1 atom stereocenters. The minimum absolute atomic E-state index is 0. The SMILES string of the molecule is Cc1ccc(-n2nc(C(=O)N(C)C(C)CN)c3c2CCC3)c(C)c1.Cl. The molecule has 0 fully saturated rings. The van der Waals surface area contributed by atoms with Crippen molar-refractivity contribution in [3.63, 3.8) is 0 Å². The lowest BCUT2D eigenvalue weighted by molar-refractivity contribution is 0.0741. The van der Waals surface area contributed by atoms with Crippen molar-refractivity contribution in [3.05, 3.63) is 46.3 Å². The van der Waals surface area contributed by atoms with Gasteiger partial charge in [0, 0.05) is 30.9 Å². The number of hydrogen-bond acceptors (Lipinski definition) is 3. The smallest absolute Gasteiger partial charge is 0.274 e. The fourth-order valence-electron chi connectivity index (χ4n) is 3.38. The van der Waals surface area contributed by atoms with Gasteiger partial charge in [-0.15, -0.1) is 12.4 Å². The van der Waals surface area contributed by atoms with E-state index in [4.69, 9.17) is 10.8 Å². The van der Waals surface area contributed by atoms with E-state index >= 15 is 0 Å². The van der Waals surface area contributed by atoms with Gasteiger partial charge in [0.15, 0.2) is 5.69 Å². The number of hydrogen-bond donors (Lipinski definition) is 1. The molecular formula is C19H27ClN4O. The Morgan fingerprint density at radius 2 is 2.08 bits per heavy atom. The summed E-state index contributed by atoms with van der Waals surface area (Å²) in [6, 6.07) is 6.34. The zero-order valence-corrected chi connectivity index (χ0v) is 16.2. The van der Waals surface area contributed by atoms with Crippen LogP contribution < -0.4 is 5.73 Å². The molecule has 6 heteroatoms. The molecule has 0 saturated carbocycles. The third-order valence-corrected chi connectivity index (χ3v) is 5.04. The average molecular weight is 363 g/mol. The van der Waals surface area contributed by atoms with Gasteiger partial charge in [0.05, 0.1) is 5.69 Å². The highest BCUT2D eigenvalue weighted by Crippen LogP contribution is 2.29. The van der Waals surface area contributed by atoms with Crippen LogP contribution >= 0.6 is 12.4 Å². The highest BCUT2D eigenvalue weighted by molar-refractivity contribution is 5.94. The van der Waals surface area contributed by atoms with Crippen LogP contribution in [0.15, 0.2) is 18.2 Å². The molecule has 3 rings (SSSR count). The Bertz CT molecular complexity index is 784. The zero-order valence-electron chi connectivity index (χ0n) is 15.4. The first-order chi connectivity index (χ1) is 11.4. The number of amides is 1. The molecule has 1 unspecified atom stereocenters. The number of halogens is 1. The van der Waals surface area contributed by atoms with Gasteiger partial charge in [-0.05, 0) is 51.7 Å². The normalized spacial score (nSPS) is 14.0. The Hall–Kier alpha value is -1.85.